The Hall–Kier alpha value is -1.91. The third-order valence-electron chi connectivity index (χ3n) is 4.03. The number of benzene rings is 1. The highest BCUT2D eigenvalue weighted by Crippen LogP contribution is 2.31. The van der Waals surface area contributed by atoms with Crippen LogP contribution in [0.5, 0.6) is 0 Å². The summed E-state index contributed by atoms with van der Waals surface area (Å²) in [5.41, 5.74) is 0.0217. The van der Waals surface area contributed by atoms with Gasteiger partial charge in [-0.15, -0.1) is 0 Å². The van der Waals surface area contributed by atoms with Crippen LogP contribution in [-0.4, -0.2) is 35.0 Å². The molecule has 5 heteroatoms. The van der Waals surface area contributed by atoms with Crippen molar-refractivity contribution >= 4 is 11.9 Å². The number of carboxylic acids is 1. The van der Waals surface area contributed by atoms with Gasteiger partial charge in [0, 0.05) is 13.1 Å². The highest BCUT2D eigenvalue weighted by atomic mass is 19.1. The first-order valence-corrected chi connectivity index (χ1v) is 6.62. The Balaban J connectivity index is 2.11. The summed E-state index contributed by atoms with van der Waals surface area (Å²) >= 11 is 0. The normalized spacial score (nSPS) is 17.9. The maximum absolute atomic E-state index is 13.8. The summed E-state index contributed by atoms with van der Waals surface area (Å²) < 4.78 is 13.8. The van der Waals surface area contributed by atoms with Crippen LogP contribution in [0.1, 0.15) is 35.7 Å². The summed E-state index contributed by atoms with van der Waals surface area (Å²) in [4.78, 5) is 24.9. The van der Waals surface area contributed by atoms with Crippen molar-refractivity contribution < 1.29 is 19.1 Å². The number of hydrogen-bond donors (Lipinski definition) is 1. The Morgan fingerprint density at radius 1 is 1.30 bits per heavy atom. The first-order chi connectivity index (χ1) is 9.33. The first kappa shape index (κ1) is 14.5. The van der Waals surface area contributed by atoms with Crippen LogP contribution in [0.15, 0.2) is 18.2 Å². The molecule has 1 fully saturated rings. The number of piperidine rings is 1. The minimum absolute atomic E-state index is 0.0505. The molecule has 0 saturated carbocycles. The predicted molar refractivity (Wildman–Crippen MR) is 72.0 cm³/mol. The molecule has 1 saturated heterocycles. The number of halogens is 1. The van der Waals surface area contributed by atoms with Crippen LogP contribution >= 0.6 is 0 Å². The smallest absolute Gasteiger partial charge is 0.309 e. The number of carbonyl (C=O) groups is 2. The molecule has 20 heavy (non-hydrogen) atoms. The van der Waals surface area contributed by atoms with Gasteiger partial charge >= 0.3 is 5.97 Å². The number of likely N-dealkylation sites (tertiary alicyclic amines) is 1. The van der Waals surface area contributed by atoms with Crippen molar-refractivity contribution in [3.8, 4) is 0 Å². The van der Waals surface area contributed by atoms with E-state index in [0.717, 1.165) is 5.56 Å². The summed E-state index contributed by atoms with van der Waals surface area (Å²) in [6.07, 6.45) is 0.781. The Labute approximate surface area is 117 Å². The quantitative estimate of drug-likeness (QED) is 0.904. The predicted octanol–water partition coefficient (Wildman–Crippen LogP) is 2.46. The van der Waals surface area contributed by atoms with E-state index >= 15 is 0 Å². The number of carboxylic acid groups (broad SMARTS) is 1. The van der Waals surface area contributed by atoms with E-state index in [2.05, 4.69) is 0 Å². The van der Waals surface area contributed by atoms with Gasteiger partial charge in [-0.25, -0.2) is 4.39 Å². The van der Waals surface area contributed by atoms with Crippen LogP contribution in [0, 0.1) is 18.2 Å². The number of hydrogen-bond acceptors (Lipinski definition) is 2. The van der Waals surface area contributed by atoms with Crippen molar-refractivity contribution in [1.82, 2.24) is 4.90 Å². The molecule has 1 aromatic rings. The van der Waals surface area contributed by atoms with Gasteiger partial charge in [0.05, 0.1) is 11.0 Å². The average molecular weight is 279 g/mol. The molecule has 1 aliphatic heterocycles. The maximum atomic E-state index is 13.8. The molecule has 1 amide bonds. The van der Waals surface area contributed by atoms with Crippen molar-refractivity contribution in [2.24, 2.45) is 5.41 Å². The molecular weight excluding hydrogens is 261 g/mol. The maximum Gasteiger partial charge on any atom is 0.309 e. The van der Waals surface area contributed by atoms with Crippen LogP contribution in [0.3, 0.4) is 0 Å². The van der Waals surface area contributed by atoms with Crippen LogP contribution in [0.4, 0.5) is 4.39 Å². The van der Waals surface area contributed by atoms with E-state index in [1.165, 1.54) is 17.0 Å². The molecule has 0 atom stereocenters. The van der Waals surface area contributed by atoms with Gasteiger partial charge in [-0.05, 0) is 44.4 Å². The Bertz CT molecular complexity index is 548. The largest absolute Gasteiger partial charge is 0.481 e. The molecule has 1 aliphatic rings. The van der Waals surface area contributed by atoms with E-state index in [-0.39, 0.29) is 11.5 Å². The van der Waals surface area contributed by atoms with Gasteiger partial charge in [0.15, 0.2) is 0 Å². The monoisotopic (exact) mass is 279 g/mol. The van der Waals surface area contributed by atoms with Crippen LogP contribution in [0.25, 0.3) is 0 Å². The average Bonchev–Trinajstić information content (AvgIpc) is 2.38. The number of aryl methyl sites for hydroxylation is 1. The van der Waals surface area contributed by atoms with Gasteiger partial charge in [-0.3, -0.25) is 9.59 Å². The summed E-state index contributed by atoms with van der Waals surface area (Å²) in [5, 5.41) is 9.15. The van der Waals surface area contributed by atoms with Gasteiger partial charge in [-0.2, -0.15) is 0 Å². The second-order valence-corrected chi connectivity index (χ2v) is 5.64. The Morgan fingerprint density at radius 2 is 1.90 bits per heavy atom. The zero-order valence-electron chi connectivity index (χ0n) is 11.6. The van der Waals surface area contributed by atoms with Crippen molar-refractivity contribution in [3.05, 3.63) is 35.1 Å². The third kappa shape index (κ3) is 2.66. The molecule has 0 bridgehead atoms. The molecule has 0 aromatic heterocycles. The first-order valence-electron chi connectivity index (χ1n) is 6.62. The molecule has 1 aromatic carbocycles. The fourth-order valence-electron chi connectivity index (χ4n) is 2.38. The molecule has 0 spiro atoms. The highest BCUT2D eigenvalue weighted by Gasteiger charge is 2.38. The zero-order chi connectivity index (χ0) is 14.9. The summed E-state index contributed by atoms with van der Waals surface area (Å²) in [5.74, 6) is -1.73. The van der Waals surface area contributed by atoms with Crippen molar-refractivity contribution in [2.45, 2.75) is 26.7 Å². The van der Waals surface area contributed by atoms with Crippen LogP contribution in [0.2, 0.25) is 0 Å². The number of amides is 1. The van der Waals surface area contributed by atoms with E-state index in [4.69, 9.17) is 5.11 Å². The Morgan fingerprint density at radius 3 is 2.40 bits per heavy atom. The van der Waals surface area contributed by atoms with Gasteiger partial charge in [0.1, 0.15) is 5.82 Å². The van der Waals surface area contributed by atoms with E-state index < -0.39 is 17.2 Å². The minimum Gasteiger partial charge on any atom is -0.481 e. The fourth-order valence-corrected chi connectivity index (χ4v) is 2.38. The zero-order valence-corrected chi connectivity index (χ0v) is 11.6. The lowest BCUT2D eigenvalue weighted by Gasteiger charge is -2.36. The lowest BCUT2D eigenvalue weighted by Crippen LogP contribution is -2.45. The summed E-state index contributed by atoms with van der Waals surface area (Å²) in [7, 11) is 0. The minimum atomic E-state index is -0.842. The number of carbonyl (C=O) groups excluding carboxylic acids is 1. The Kier molecular flexibility index (Phi) is 3.79. The molecule has 1 N–H and O–H groups in total. The SMILES string of the molecule is Cc1ccc(C(=O)N2CCC(C)(C(=O)O)CC2)c(F)c1. The second-order valence-electron chi connectivity index (χ2n) is 5.64. The number of nitrogens with zero attached hydrogens (tertiary/aromatic N) is 1. The summed E-state index contributed by atoms with van der Waals surface area (Å²) in [6, 6.07) is 4.51. The van der Waals surface area contributed by atoms with E-state index in [9.17, 15) is 14.0 Å². The van der Waals surface area contributed by atoms with E-state index in [1.54, 1.807) is 19.9 Å². The van der Waals surface area contributed by atoms with Gasteiger partial charge in [-0.1, -0.05) is 6.07 Å². The van der Waals surface area contributed by atoms with Crippen molar-refractivity contribution in [1.29, 1.82) is 0 Å². The van der Waals surface area contributed by atoms with Crippen molar-refractivity contribution in [2.75, 3.05) is 13.1 Å². The summed E-state index contributed by atoms with van der Waals surface area (Å²) in [6.45, 7) is 4.13. The highest BCUT2D eigenvalue weighted by molar-refractivity contribution is 5.94. The number of rotatable bonds is 2. The number of aliphatic carboxylic acids is 1. The topological polar surface area (TPSA) is 57.6 Å². The molecule has 0 aliphatic carbocycles. The van der Waals surface area contributed by atoms with Crippen LogP contribution in [-0.2, 0) is 4.79 Å². The van der Waals surface area contributed by atoms with E-state index in [0.29, 0.717) is 25.9 Å². The molecule has 1 heterocycles. The lowest BCUT2D eigenvalue weighted by molar-refractivity contribution is -0.150. The lowest BCUT2D eigenvalue weighted by atomic mass is 9.80. The molecule has 0 radical (unpaired) electrons. The fraction of sp³-hybridized carbons (Fsp3) is 0.467. The second kappa shape index (κ2) is 5.23. The van der Waals surface area contributed by atoms with Crippen LogP contribution < -0.4 is 0 Å². The van der Waals surface area contributed by atoms with Gasteiger partial charge in [0.2, 0.25) is 0 Å². The molecule has 108 valence electrons. The van der Waals surface area contributed by atoms with Gasteiger partial charge in [0.25, 0.3) is 5.91 Å². The standard InChI is InChI=1S/C15H18FNO3/c1-10-3-4-11(12(16)9-10)13(18)17-7-5-15(2,6-8-17)14(19)20/h3-4,9H,5-8H2,1-2H3,(H,19,20). The molecular formula is C15H18FNO3. The molecule has 4 nitrogen and oxygen atoms in total. The molecule has 2 rings (SSSR count). The third-order valence-corrected chi connectivity index (χ3v) is 4.03. The van der Waals surface area contributed by atoms with Crippen molar-refractivity contribution in [3.63, 3.8) is 0 Å². The van der Waals surface area contributed by atoms with Gasteiger partial charge < -0.3 is 10.0 Å². The molecule has 0 unspecified atom stereocenters. The van der Waals surface area contributed by atoms with E-state index in [1.807, 2.05) is 0 Å².